The van der Waals surface area contributed by atoms with Gasteiger partial charge in [-0.25, -0.2) is 0 Å². The summed E-state index contributed by atoms with van der Waals surface area (Å²) in [6.45, 7) is 3.49. The van der Waals surface area contributed by atoms with Crippen LogP contribution in [0.2, 0.25) is 0 Å². The number of hydrogen-bond donors (Lipinski definition) is 1. The van der Waals surface area contributed by atoms with E-state index in [0.717, 1.165) is 16.0 Å². The van der Waals surface area contributed by atoms with Crippen molar-refractivity contribution >= 4 is 29.4 Å². The molecule has 3 amide bonds. The van der Waals surface area contributed by atoms with Gasteiger partial charge in [0.25, 0.3) is 5.91 Å². The number of hydrogen-bond acceptors (Lipinski definition) is 5. The number of nitrogens with zero attached hydrogens (tertiary/aromatic N) is 1. The fraction of sp³-hybridized carbons (Fsp3) is 0.429. The fourth-order valence-corrected chi connectivity index (χ4v) is 3.53. The molecule has 1 aliphatic heterocycles. The van der Waals surface area contributed by atoms with Gasteiger partial charge in [-0.3, -0.25) is 24.1 Å². The van der Waals surface area contributed by atoms with Gasteiger partial charge in [0.15, 0.2) is 6.61 Å². The molecule has 2 atom stereocenters. The molecule has 0 saturated carbocycles. The van der Waals surface area contributed by atoms with E-state index in [0.29, 0.717) is 18.5 Å². The van der Waals surface area contributed by atoms with Crippen molar-refractivity contribution in [2.24, 2.45) is 11.8 Å². The molecule has 1 fully saturated rings. The number of imide groups is 1. The van der Waals surface area contributed by atoms with Gasteiger partial charge in [-0.2, -0.15) is 0 Å². The second-order valence-corrected chi connectivity index (χ2v) is 7.24. The molecule has 0 bridgehead atoms. The van der Waals surface area contributed by atoms with Gasteiger partial charge in [0.2, 0.25) is 11.8 Å². The van der Waals surface area contributed by atoms with Crippen LogP contribution in [0.25, 0.3) is 0 Å². The minimum absolute atomic E-state index is 0.0116. The Kier molecular flexibility index (Phi) is 5.92. The maximum absolute atomic E-state index is 12.3. The maximum atomic E-state index is 12.3. The van der Waals surface area contributed by atoms with E-state index >= 15 is 0 Å². The van der Waals surface area contributed by atoms with E-state index in [-0.39, 0.29) is 36.6 Å². The Morgan fingerprint density at radius 2 is 1.71 bits per heavy atom. The highest BCUT2D eigenvalue weighted by Gasteiger charge is 2.46. The number of ether oxygens (including phenoxy) is 1. The van der Waals surface area contributed by atoms with E-state index in [9.17, 15) is 19.2 Å². The first-order valence-corrected chi connectivity index (χ1v) is 9.39. The van der Waals surface area contributed by atoms with Crippen molar-refractivity contribution in [2.75, 3.05) is 18.5 Å². The molecule has 1 N–H and O–H groups in total. The van der Waals surface area contributed by atoms with Gasteiger partial charge in [0.1, 0.15) is 0 Å². The number of carbonyl (C=O) groups is 4. The predicted molar refractivity (Wildman–Crippen MR) is 102 cm³/mol. The predicted octanol–water partition coefficient (Wildman–Crippen LogP) is 2.13. The molecule has 3 rings (SSSR count). The second-order valence-electron chi connectivity index (χ2n) is 7.24. The van der Waals surface area contributed by atoms with Gasteiger partial charge in [-0.1, -0.05) is 18.2 Å². The molecule has 0 radical (unpaired) electrons. The average molecular weight is 384 g/mol. The highest BCUT2D eigenvalue weighted by atomic mass is 16.5. The fourth-order valence-electron chi connectivity index (χ4n) is 3.53. The lowest BCUT2D eigenvalue weighted by atomic mass is 9.85. The molecule has 1 aromatic rings. The largest absolute Gasteiger partial charge is 0.456 e. The summed E-state index contributed by atoms with van der Waals surface area (Å²) < 4.78 is 4.97. The Morgan fingerprint density at radius 1 is 1.07 bits per heavy atom. The standard InChI is InChI=1S/C21H24N2O5/c1-13-7-8-15(11-14(13)2)22-18(24)12-28-19(25)9-10-23-20(26)16-5-3-4-6-17(16)21(23)27/h3-4,7-8,11,16-17H,5-6,9-10,12H2,1-2H3,(H,22,24)/t16-,17-/m1/s1. The quantitative estimate of drug-likeness (QED) is 0.461. The Labute approximate surface area is 163 Å². The van der Waals surface area contributed by atoms with Crippen LogP contribution in [0.4, 0.5) is 5.69 Å². The summed E-state index contributed by atoms with van der Waals surface area (Å²) in [6.07, 6.45) is 4.83. The summed E-state index contributed by atoms with van der Waals surface area (Å²) in [4.78, 5) is 49.7. The van der Waals surface area contributed by atoms with E-state index < -0.39 is 18.5 Å². The zero-order chi connectivity index (χ0) is 20.3. The molecule has 148 valence electrons. The summed E-state index contributed by atoms with van der Waals surface area (Å²) in [5.74, 6) is -2.13. The molecule has 2 aliphatic rings. The van der Waals surface area contributed by atoms with Gasteiger partial charge < -0.3 is 10.1 Å². The highest BCUT2D eigenvalue weighted by molar-refractivity contribution is 6.05. The number of esters is 1. The summed E-state index contributed by atoms with van der Waals surface area (Å²) in [6, 6.07) is 5.52. The minimum Gasteiger partial charge on any atom is -0.456 e. The first-order valence-electron chi connectivity index (χ1n) is 9.39. The van der Waals surface area contributed by atoms with Crippen LogP contribution in [0.1, 0.15) is 30.4 Å². The van der Waals surface area contributed by atoms with Crippen LogP contribution in [-0.4, -0.2) is 41.7 Å². The molecular weight excluding hydrogens is 360 g/mol. The van der Waals surface area contributed by atoms with Gasteiger partial charge in [-0.05, 0) is 49.9 Å². The van der Waals surface area contributed by atoms with Gasteiger partial charge in [-0.15, -0.1) is 0 Å². The molecule has 0 unspecified atom stereocenters. The lowest BCUT2D eigenvalue weighted by Crippen LogP contribution is -2.33. The molecule has 1 saturated heterocycles. The molecule has 0 spiro atoms. The van der Waals surface area contributed by atoms with Crippen molar-refractivity contribution in [3.8, 4) is 0 Å². The van der Waals surface area contributed by atoms with Crippen LogP contribution in [0, 0.1) is 25.7 Å². The first-order chi connectivity index (χ1) is 13.4. The van der Waals surface area contributed by atoms with Crippen molar-refractivity contribution in [1.29, 1.82) is 0 Å². The molecule has 1 heterocycles. The number of anilines is 1. The van der Waals surface area contributed by atoms with E-state index in [4.69, 9.17) is 4.74 Å². The topological polar surface area (TPSA) is 92.8 Å². The molecule has 0 aromatic heterocycles. The Bertz CT molecular complexity index is 819. The van der Waals surface area contributed by atoms with Crippen LogP contribution < -0.4 is 5.32 Å². The third-order valence-electron chi connectivity index (χ3n) is 5.29. The van der Waals surface area contributed by atoms with E-state index in [1.165, 1.54) is 0 Å². The van der Waals surface area contributed by atoms with Crippen LogP contribution in [0.15, 0.2) is 30.4 Å². The first kappa shape index (κ1) is 19.8. The number of nitrogens with one attached hydrogen (secondary N) is 1. The summed E-state index contributed by atoms with van der Waals surface area (Å²) in [7, 11) is 0. The monoisotopic (exact) mass is 384 g/mol. The van der Waals surface area contributed by atoms with Gasteiger partial charge in [0, 0.05) is 12.2 Å². The van der Waals surface area contributed by atoms with Crippen LogP contribution in [0.5, 0.6) is 0 Å². The number of likely N-dealkylation sites (tertiary alicyclic amines) is 1. The zero-order valence-corrected chi connectivity index (χ0v) is 16.1. The maximum Gasteiger partial charge on any atom is 0.308 e. The molecule has 7 nitrogen and oxygen atoms in total. The van der Waals surface area contributed by atoms with Crippen molar-refractivity contribution in [3.05, 3.63) is 41.5 Å². The lowest BCUT2D eigenvalue weighted by molar-refractivity contribution is -0.148. The molecule has 1 aromatic carbocycles. The number of fused-ring (bicyclic) bond motifs is 1. The third-order valence-corrected chi connectivity index (χ3v) is 5.29. The SMILES string of the molecule is Cc1ccc(NC(=O)COC(=O)CCN2C(=O)[C@@H]3CC=CC[C@H]3C2=O)cc1C. The average Bonchev–Trinajstić information content (AvgIpc) is 2.92. The van der Waals surface area contributed by atoms with E-state index in [2.05, 4.69) is 5.32 Å². The zero-order valence-electron chi connectivity index (χ0n) is 16.1. The van der Waals surface area contributed by atoms with E-state index in [1.807, 2.05) is 38.1 Å². The normalized spacial score (nSPS) is 20.9. The Morgan fingerprint density at radius 3 is 2.32 bits per heavy atom. The number of benzene rings is 1. The summed E-state index contributed by atoms with van der Waals surface area (Å²) in [5, 5.41) is 2.67. The molecular formula is C21H24N2O5. The van der Waals surface area contributed by atoms with Crippen molar-refractivity contribution in [3.63, 3.8) is 0 Å². The molecule has 7 heteroatoms. The smallest absolute Gasteiger partial charge is 0.308 e. The Balaban J connectivity index is 1.43. The van der Waals surface area contributed by atoms with Gasteiger partial charge in [0.05, 0.1) is 18.3 Å². The number of carbonyl (C=O) groups excluding carboxylic acids is 4. The van der Waals surface area contributed by atoms with Crippen LogP contribution in [0.3, 0.4) is 0 Å². The van der Waals surface area contributed by atoms with Crippen LogP contribution >= 0.6 is 0 Å². The van der Waals surface area contributed by atoms with Gasteiger partial charge >= 0.3 is 5.97 Å². The lowest BCUT2D eigenvalue weighted by Gasteiger charge is -2.14. The van der Waals surface area contributed by atoms with Crippen molar-refractivity contribution < 1.29 is 23.9 Å². The Hall–Kier alpha value is -2.96. The van der Waals surface area contributed by atoms with Crippen LogP contribution in [-0.2, 0) is 23.9 Å². The molecule has 28 heavy (non-hydrogen) atoms. The molecule has 1 aliphatic carbocycles. The van der Waals surface area contributed by atoms with E-state index in [1.54, 1.807) is 6.07 Å². The summed E-state index contributed by atoms with van der Waals surface area (Å²) in [5.41, 5.74) is 2.80. The number of allylic oxidation sites excluding steroid dienone is 2. The summed E-state index contributed by atoms with van der Waals surface area (Å²) >= 11 is 0. The van der Waals surface area contributed by atoms with Crippen molar-refractivity contribution in [1.82, 2.24) is 4.90 Å². The second kappa shape index (κ2) is 8.37. The highest BCUT2D eigenvalue weighted by Crippen LogP contribution is 2.34. The van der Waals surface area contributed by atoms with Crippen molar-refractivity contribution in [2.45, 2.75) is 33.1 Å². The number of amides is 3. The number of aryl methyl sites for hydroxylation is 2. The number of rotatable bonds is 6. The third kappa shape index (κ3) is 4.30. The minimum atomic E-state index is -0.621.